The molecule has 5 nitrogen and oxygen atoms in total. The number of ether oxygens (including phenoxy) is 3. The molecule has 0 amide bonds. The van der Waals surface area contributed by atoms with E-state index in [1.807, 2.05) is 43.3 Å². The van der Waals surface area contributed by atoms with Gasteiger partial charge in [-0.1, -0.05) is 18.2 Å². The molecule has 0 N–H and O–H groups in total. The van der Waals surface area contributed by atoms with Crippen molar-refractivity contribution < 1.29 is 14.2 Å². The lowest BCUT2D eigenvalue weighted by molar-refractivity contribution is 0.113. The highest BCUT2D eigenvalue weighted by atomic mass is 16.5. The maximum atomic E-state index is 6.05. The summed E-state index contributed by atoms with van der Waals surface area (Å²) in [5.74, 6) is 1.73. The largest absolute Gasteiger partial charge is 0.495 e. The number of rotatable bonds is 6. The van der Waals surface area contributed by atoms with Crippen LogP contribution in [0.25, 0.3) is 5.69 Å². The van der Waals surface area contributed by atoms with Gasteiger partial charge in [0.2, 0.25) is 0 Å². The minimum absolute atomic E-state index is 0.127. The molecule has 1 aromatic heterocycles. The summed E-state index contributed by atoms with van der Waals surface area (Å²) in [7, 11) is 1.70. The highest BCUT2D eigenvalue weighted by Gasteiger charge is 2.29. The first kappa shape index (κ1) is 17.5. The Labute approximate surface area is 159 Å². The monoisotopic (exact) mass is 364 g/mol. The average molecular weight is 364 g/mol. The van der Waals surface area contributed by atoms with Crippen LogP contribution in [-0.2, 0) is 4.74 Å². The van der Waals surface area contributed by atoms with Gasteiger partial charge in [0.15, 0.2) is 6.23 Å². The number of hydrogen-bond donors (Lipinski definition) is 0. The lowest BCUT2D eigenvalue weighted by Crippen LogP contribution is -2.23. The molecule has 1 fully saturated rings. The van der Waals surface area contributed by atoms with Crippen LogP contribution >= 0.6 is 0 Å². The first-order chi connectivity index (χ1) is 13.3. The predicted molar refractivity (Wildman–Crippen MR) is 106 cm³/mol. The smallest absolute Gasteiger partial charge is 0.158 e. The Morgan fingerprint density at radius 2 is 2.00 bits per heavy atom. The molecule has 4 rings (SSSR count). The standard InChI is InChI=1S/C22H24N2O3/c1-3-26-19-8-6-7-18(15-19)23-12-11-17(16-23)22-24(13-14-27-22)20-9-4-5-10-21(20)25-2/h4-12,15-16,22H,3,13-14H2,1-2H3/t22-/m1/s1. The van der Waals surface area contributed by atoms with Gasteiger partial charge in [0.05, 0.1) is 26.0 Å². The fourth-order valence-corrected chi connectivity index (χ4v) is 3.48. The van der Waals surface area contributed by atoms with Crippen molar-refractivity contribution in [1.29, 1.82) is 0 Å². The zero-order chi connectivity index (χ0) is 18.6. The van der Waals surface area contributed by atoms with Gasteiger partial charge in [-0.2, -0.15) is 0 Å². The molecule has 3 aromatic rings. The van der Waals surface area contributed by atoms with E-state index in [1.54, 1.807) is 7.11 Å². The first-order valence-corrected chi connectivity index (χ1v) is 9.22. The summed E-state index contributed by atoms with van der Waals surface area (Å²) in [5.41, 5.74) is 3.22. The molecule has 27 heavy (non-hydrogen) atoms. The molecule has 0 radical (unpaired) electrons. The summed E-state index contributed by atoms with van der Waals surface area (Å²) in [5, 5.41) is 0. The molecule has 140 valence electrons. The van der Waals surface area contributed by atoms with E-state index in [0.29, 0.717) is 13.2 Å². The summed E-state index contributed by atoms with van der Waals surface area (Å²) < 4.78 is 19.3. The fourth-order valence-electron chi connectivity index (χ4n) is 3.48. The first-order valence-electron chi connectivity index (χ1n) is 9.22. The van der Waals surface area contributed by atoms with Gasteiger partial charge in [-0.15, -0.1) is 0 Å². The normalized spacial score (nSPS) is 16.5. The highest BCUT2D eigenvalue weighted by molar-refractivity contribution is 5.60. The minimum Gasteiger partial charge on any atom is -0.495 e. The third kappa shape index (κ3) is 3.51. The molecule has 0 spiro atoms. The van der Waals surface area contributed by atoms with Crippen molar-refractivity contribution in [2.24, 2.45) is 0 Å². The van der Waals surface area contributed by atoms with Crippen LogP contribution in [0.3, 0.4) is 0 Å². The Morgan fingerprint density at radius 1 is 1.11 bits per heavy atom. The number of aromatic nitrogens is 1. The van der Waals surface area contributed by atoms with Crippen LogP contribution in [0.1, 0.15) is 18.7 Å². The topological polar surface area (TPSA) is 35.9 Å². The van der Waals surface area contributed by atoms with E-state index in [4.69, 9.17) is 14.2 Å². The molecular formula is C22H24N2O3. The van der Waals surface area contributed by atoms with E-state index in [2.05, 4.69) is 40.1 Å². The van der Waals surface area contributed by atoms with E-state index in [9.17, 15) is 0 Å². The quantitative estimate of drug-likeness (QED) is 0.649. The van der Waals surface area contributed by atoms with Crippen LogP contribution < -0.4 is 14.4 Å². The van der Waals surface area contributed by atoms with Gasteiger partial charge in [0.25, 0.3) is 0 Å². The van der Waals surface area contributed by atoms with Gasteiger partial charge >= 0.3 is 0 Å². The lowest BCUT2D eigenvalue weighted by atomic mass is 10.2. The number of nitrogens with zero attached hydrogens (tertiary/aromatic N) is 2. The average Bonchev–Trinajstić information content (AvgIpc) is 3.38. The van der Waals surface area contributed by atoms with E-state index in [-0.39, 0.29) is 6.23 Å². The Morgan fingerprint density at radius 3 is 2.85 bits per heavy atom. The third-order valence-electron chi connectivity index (χ3n) is 4.71. The Kier molecular flexibility index (Phi) is 5.03. The second-order valence-electron chi connectivity index (χ2n) is 6.37. The Hall–Kier alpha value is -2.92. The number of hydrogen-bond acceptors (Lipinski definition) is 4. The molecule has 0 saturated carbocycles. The number of methoxy groups -OCH3 is 1. The number of anilines is 1. The molecule has 1 atom stereocenters. The van der Waals surface area contributed by atoms with Crippen LogP contribution in [0.4, 0.5) is 5.69 Å². The SMILES string of the molecule is CCOc1cccc(-n2ccc([C@H]3OCCN3c3ccccc3OC)c2)c1. The Bertz CT molecular complexity index is 906. The maximum Gasteiger partial charge on any atom is 0.158 e. The second kappa shape index (κ2) is 7.76. The van der Waals surface area contributed by atoms with Crippen molar-refractivity contribution in [3.63, 3.8) is 0 Å². The van der Waals surface area contributed by atoms with Crippen LogP contribution in [0.15, 0.2) is 67.0 Å². The van der Waals surface area contributed by atoms with Gasteiger partial charge in [0, 0.05) is 36.3 Å². The molecule has 1 aliphatic heterocycles. The summed E-state index contributed by atoms with van der Waals surface area (Å²) in [6.45, 7) is 4.16. The van der Waals surface area contributed by atoms with Crippen molar-refractivity contribution in [1.82, 2.24) is 4.57 Å². The zero-order valence-corrected chi connectivity index (χ0v) is 15.7. The molecule has 0 bridgehead atoms. The molecular weight excluding hydrogens is 340 g/mol. The van der Waals surface area contributed by atoms with E-state index in [1.165, 1.54) is 0 Å². The molecule has 2 heterocycles. The number of benzene rings is 2. The summed E-state index contributed by atoms with van der Waals surface area (Å²) >= 11 is 0. The van der Waals surface area contributed by atoms with Gasteiger partial charge in [0.1, 0.15) is 11.5 Å². The van der Waals surface area contributed by atoms with E-state index in [0.717, 1.165) is 35.0 Å². The molecule has 1 aliphatic rings. The minimum atomic E-state index is -0.127. The van der Waals surface area contributed by atoms with E-state index >= 15 is 0 Å². The van der Waals surface area contributed by atoms with Gasteiger partial charge in [-0.3, -0.25) is 0 Å². The molecule has 2 aromatic carbocycles. The summed E-state index contributed by atoms with van der Waals surface area (Å²) in [6, 6.07) is 18.3. The van der Waals surface area contributed by atoms with Gasteiger partial charge in [-0.25, -0.2) is 0 Å². The van der Waals surface area contributed by atoms with Crippen molar-refractivity contribution in [2.75, 3.05) is 31.8 Å². The zero-order valence-electron chi connectivity index (χ0n) is 15.7. The lowest BCUT2D eigenvalue weighted by Gasteiger charge is -2.26. The van der Waals surface area contributed by atoms with E-state index < -0.39 is 0 Å². The second-order valence-corrected chi connectivity index (χ2v) is 6.37. The van der Waals surface area contributed by atoms with Crippen LogP contribution in [0.5, 0.6) is 11.5 Å². The van der Waals surface area contributed by atoms with Gasteiger partial charge in [-0.05, 0) is 37.3 Å². The summed E-state index contributed by atoms with van der Waals surface area (Å²) in [4.78, 5) is 2.25. The van der Waals surface area contributed by atoms with Crippen LogP contribution in [-0.4, -0.2) is 31.4 Å². The van der Waals surface area contributed by atoms with Crippen molar-refractivity contribution in [3.05, 3.63) is 72.6 Å². The van der Waals surface area contributed by atoms with Crippen LogP contribution in [0, 0.1) is 0 Å². The predicted octanol–water partition coefficient (Wildman–Crippen LogP) is 4.42. The molecule has 0 unspecified atom stereocenters. The van der Waals surface area contributed by atoms with Gasteiger partial charge < -0.3 is 23.7 Å². The van der Waals surface area contributed by atoms with Crippen molar-refractivity contribution >= 4 is 5.69 Å². The molecule has 0 aliphatic carbocycles. The third-order valence-corrected chi connectivity index (χ3v) is 4.71. The maximum absolute atomic E-state index is 6.05. The highest BCUT2D eigenvalue weighted by Crippen LogP contribution is 2.37. The summed E-state index contributed by atoms with van der Waals surface area (Å²) in [6.07, 6.45) is 4.05. The number of para-hydroxylation sites is 2. The van der Waals surface area contributed by atoms with Crippen LogP contribution in [0.2, 0.25) is 0 Å². The fraction of sp³-hybridized carbons (Fsp3) is 0.273. The van der Waals surface area contributed by atoms with Crippen molar-refractivity contribution in [3.8, 4) is 17.2 Å². The van der Waals surface area contributed by atoms with Crippen molar-refractivity contribution in [2.45, 2.75) is 13.2 Å². The Balaban J connectivity index is 1.61. The molecule has 5 heteroatoms. The molecule has 1 saturated heterocycles.